The zero-order valence-electron chi connectivity index (χ0n) is 14.9. The number of imidazole rings is 1. The zero-order valence-corrected chi connectivity index (χ0v) is 14.9. The lowest BCUT2D eigenvalue weighted by Gasteiger charge is -2.29. The quantitative estimate of drug-likeness (QED) is 0.709. The molecule has 0 aliphatic carbocycles. The van der Waals surface area contributed by atoms with Crippen molar-refractivity contribution in [1.82, 2.24) is 14.1 Å². The molecular formula is C20H21N3O3. The lowest BCUT2D eigenvalue weighted by atomic mass is 10.1. The molecule has 0 spiro atoms. The van der Waals surface area contributed by atoms with Gasteiger partial charge in [-0.25, -0.2) is 4.98 Å². The lowest BCUT2D eigenvalue weighted by molar-refractivity contribution is 0.176. The van der Waals surface area contributed by atoms with Crippen LogP contribution in [-0.4, -0.2) is 21.2 Å². The summed E-state index contributed by atoms with van der Waals surface area (Å²) in [5.74, 6) is 1.09. The summed E-state index contributed by atoms with van der Waals surface area (Å²) in [5.41, 5.74) is 2.60. The van der Waals surface area contributed by atoms with E-state index >= 15 is 0 Å². The second-order valence-corrected chi connectivity index (χ2v) is 6.51. The van der Waals surface area contributed by atoms with Crippen molar-refractivity contribution in [3.63, 3.8) is 0 Å². The van der Waals surface area contributed by atoms with Gasteiger partial charge in [0, 0.05) is 32.0 Å². The van der Waals surface area contributed by atoms with Gasteiger partial charge < -0.3 is 18.6 Å². The minimum absolute atomic E-state index is 0.135. The Labute approximate surface area is 151 Å². The fourth-order valence-electron chi connectivity index (χ4n) is 3.40. The van der Waals surface area contributed by atoms with E-state index in [1.54, 1.807) is 19.4 Å². The number of pyridine rings is 1. The van der Waals surface area contributed by atoms with Crippen LogP contribution in [0.25, 0.3) is 11.5 Å². The summed E-state index contributed by atoms with van der Waals surface area (Å²) in [7, 11) is 1.67. The van der Waals surface area contributed by atoms with Crippen molar-refractivity contribution >= 4 is 0 Å². The summed E-state index contributed by atoms with van der Waals surface area (Å²) >= 11 is 0. The maximum Gasteiger partial charge on any atom is 0.224 e. The van der Waals surface area contributed by atoms with Crippen molar-refractivity contribution in [2.24, 2.45) is 0 Å². The van der Waals surface area contributed by atoms with Crippen LogP contribution in [0.2, 0.25) is 0 Å². The first kappa shape index (κ1) is 16.6. The van der Waals surface area contributed by atoms with Gasteiger partial charge >= 0.3 is 0 Å². The van der Waals surface area contributed by atoms with Crippen LogP contribution in [0.4, 0.5) is 0 Å². The van der Waals surface area contributed by atoms with Gasteiger partial charge in [0.25, 0.3) is 0 Å². The van der Waals surface area contributed by atoms with E-state index in [0.717, 1.165) is 29.3 Å². The molecule has 1 aliphatic rings. The van der Waals surface area contributed by atoms with Gasteiger partial charge in [0.15, 0.2) is 11.6 Å². The molecule has 0 bridgehead atoms. The van der Waals surface area contributed by atoms with Crippen LogP contribution in [0.15, 0.2) is 53.6 Å². The minimum atomic E-state index is -0.135. The molecular weight excluding hydrogens is 330 g/mol. The van der Waals surface area contributed by atoms with E-state index in [-0.39, 0.29) is 11.5 Å². The summed E-state index contributed by atoms with van der Waals surface area (Å²) in [6.07, 6.45) is 3.63. The van der Waals surface area contributed by atoms with Crippen LogP contribution in [0, 0.1) is 0 Å². The molecule has 134 valence electrons. The predicted octanol–water partition coefficient (Wildman–Crippen LogP) is 3.01. The highest BCUT2D eigenvalue weighted by atomic mass is 16.5. The first-order valence-corrected chi connectivity index (χ1v) is 8.64. The molecule has 26 heavy (non-hydrogen) atoms. The first-order chi connectivity index (χ1) is 12.7. The monoisotopic (exact) mass is 351 g/mol. The van der Waals surface area contributed by atoms with E-state index < -0.39 is 0 Å². The molecule has 4 rings (SSSR count). The summed E-state index contributed by atoms with van der Waals surface area (Å²) in [5, 5.41) is 0. The van der Waals surface area contributed by atoms with Crippen LogP contribution in [-0.2, 0) is 24.5 Å². The number of hydrogen-bond donors (Lipinski definition) is 0. The second kappa shape index (κ2) is 6.80. The molecule has 6 heteroatoms. The van der Waals surface area contributed by atoms with Crippen molar-refractivity contribution in [3.05, 3.63) is 70.3 Å². The van der Waals surface area contributed by atoms with E-state index in [1.807, 2.05) is 36.5 Å². The number of aromatic nitrogens is 3. The number of hydrogen-bond acceptors (Lipinski definition) is 4. The maximum absolute atomic E-state index is 12.6. The Hall–Kier alpha value is -2.86. The maximum atomic E-state index is 12.6. The van der Waals surface area contributed by atoms with E-state index in [1.165, 1.54) is 0 Å². The number of rotatable bonds is 5. The average Bonchev–Trinajstić information content (AvgIpc) is 3.04. The Morgan fingerprint density at radius 1 is 1.19 bits per heavy atom. The Kier molecular flexibility index (Phi) is 4.34. The molecule has 0 fully saturated rings. The van der Waals surface area contributed by atoms with Gasteiger partial charge in [-0.05, 0) is 12.5 Å². The normalized spacial score (nSPS) is 15.4. The smallest absolute Gasteiger partial charge is 0.224 e. The molecule has 0 radical (unpaired) electrons. The molecule has 3 aromatic rings. The number of nitrogens with zero attached hydrogens (tertiary/aromatic N) is 3. The molecule has 1 atom stereocenters. The molecule has 0 amide bonds. The number of fused-ring (bicyclic) bond motifs is 3. The van der Waals surface area contributed by atoms with E-state index in [9.17, 15) is 4.79 Å². The summed E-state index contributed by atoms with van der Waals surface area (Å²) in [4.78, 5) is 17.1. The van der Waals surface area contributed by atoms with Crippen molar-refractivity contribution in [1.29, 1.82) is 0 Å². The molecule has 3 heterocycles. The summed E-state index contributed by atoms with van der Waals surface area (Å²) in [6.45, 7) is 3.72. The molecule has 0 saturated carbocycles. The van der Waals surface area contributed by atoms with Crippen molar-refractivity contribution in [2.45, 2.75) is 32.7 Å². The minimum Gasteiger partial charge on any atom is -0.483 e. The number of benzene rings is 1. The Balaban J connectivity index is 1.79. The molecule has 1 aromatic carbocycles. The fourth-order valence-corrected chi connectivity index (χ4v) is 3.40. The fraction of sp³-hybridized carbons (Fsp3) is 0.300. The highest BCUT2D eigenvalue weighted by Gasteiger charge is 2.28. The average molecular weight is 351 g/mol. The van der Waals surface area contributed by atoms with E-state index in [2.05, 4.69) is 21.0 Å². The van der Waals surface area contributed by atoms with Crippen LogP contribution in [0.3, 0.4) is 0 Å². The van der Waals surface area contributed by atoms with Crippen molar-refractivity contribution in [3.8, 4) is 17.3 Å². The predicted molar refractivity (Wildman–Crippen MR) is 98.1 cm³/mol. The third kappa shape index (κ3) is 2.82. The van der Waals surface area contributed by atoms with Gasteiger partial charge in [-0.2, -0.15) is 0 Å². The van der Waals surface area contributed by atoms with Crippen molar-refractivity contribution in [2.75, 3.05) is 7.11 Å². The molecule has 6 nitrogen and oxygen atoms in total. The van der Waals surface area contributed by atoms with Gasteiger partial charge in [-0.15, -0.1) is 0 Å². The summed E-state index contributed by atoms with van der Waals surface area (Å²) in [6, 6.07) is 11.6. The molecule has 0 unspecified atom stereocenters. The first-order valence-electron chi connectivity index (χ1n) is 8.64. The van der Waals surface area contributed by atoms with E-state index in [0.29, 0.717) is 19.0 Å². The van der Waals surface area contributed by atoms with Gasteiger partial charge in [-0.3, -0.25) is 4.79 Å². The SMILES string of the molecule is COCc1cnc2n1C[C@H](C)n1ccc(=O)c(OCc3ccccc3)c1-2. The Morgan fingerprint density at radius 3 is 2.77 bits per heavy atom. The van der Waals surface area contributed by atoms with Gasteiger partial charge in [0.2, 0.25) is 5.43 Å². The second-order valence-electron chi connectivity index (χ2n) is 6.51. The largest absolute Gasteiger partial charge is 0.483 e. The van der Waals surface area contributed by atoms with Gasteiger partial charge in [-0.1, -0.05) is 30.3 Å². The zero-order chi connectivity index (χ0) is 18.1. The van der Waals surface area contributed by atoms with Crippen molar-refractivity contribution < 1.29 is 9.47 Å². The van der Waals surface area contributed by atoms with Gasteiger partial charge in [0.1, 0.15) is 12.3 Å². The highest BCUT2D eigenvalue weighted by Crippen LogP contribution is 2.35. The molecule has 0 N–H and O–H groups in total. The van der Waals surface area contributed by atoms with Crippen LogP contribution >= 0.6 is 0 Å². The lowest BCUT2D eigenvalue weighted by Crippen LogP contribution is -2.26. The van der Waals surface area contributed by atoms with Crippen LogP contribution in [0.5, 0.6) is 5.75 Å². The molecule has 1 aliphatic heterocycles. The molecule has 2 aromatic heterocycles. The number of methoxy groups -OCH3 is 1. The Bertz CT molecular complexity index is 976. The summed E-state index contributed by atoms with van der Waals surface area (Å²) < 4.78 is 15.4. The Morgan fingerprint density at radius 2 is 2.00 bits per heavy atom. The third-order valence-corrected chi connectivity index (χ3v) is 4.67. The number of ether oxygens (including phenoxy) is 2. The topological polar surface area (TPSA) is 58.3 Å². The van der Waals surface area contributed by atoms with E-state index in [4.69, 9.17) is 9.47 Å². The van der Waals surface area contributed by atoms with Gasteiger partial charge in [0.05, 0.1) is 18.5 Å². The standard InChI is InChI=1S/C20H21N3O3/c1-14-11-23-16(13-25-2)10-21-20(23)18-19(17(24)8-9-22(14)18)26-12-15-6-4-3-5-7-15/h3-10,14H,11-13H2,1-2H3/t14-/m0/s1. The van der Waals surface area contributed by atoms with Crippen LogP contribution < -0.4 is 10.2 Å². The van der Waals surface area contributed by atoms with Crippen LogP contribution in [0.1, 0.15) is 24.2 Å². The molecule has 0 saturated heterocycles. The highest BCUT2D eigenvalue weighted by molar-refractivity contribution is 5.62. The third-order valence-electron chi connectivity index (χ3n) is 4.67.